The smallest absolute Gasteiger partial charge is 0.228 e. The van der Waals surface area contributed by atoms with Crippen molar-refractivity contribution < 1.29 is 4.79 Å². The molecule has 1 aliphatic heterocycles. The first kappa shape index (κ1) is 12.2. The SMILES string of the molecule is N#CC1CC(=O)N(c2ccc3c(c2)Cc2ccccc2-3)C1. The molecule has 0 bridgehead atoms. The molecule has 0 aromatic heterocycles. The molecular formula is C18H14N2O. The number of rotatable bonds is 1. The number of benzene rings is 2. The highest BCUT2D eigenvalue weighted by atomic mass is 16.2. The quantitative estimate of drug-likeness (QED) is 0.684. The summed E-state index contributed by atoms with van der Waals surface area (Å²) in [6.45, 7) is 0.515. The number of nitrogens with zero attached hydrogens (tertiary/aromatic N) is 2. The Labute approximate surface area is 123 Å². The highest BCUT2D eigenvalue weighted by molar-refractivity contribution is 5.96. The molecule has 3 nitrogen and oxygen atoms in total. The lowest BCUT2D eigenvalue weighted by Crippen LogP contribution is -2.24. The predicted molar refractivity (Wildman–Crippen MR) is 80.8 cm³/mol. The molecule has 1 atom stereocenters. The number of hydrogen-bond acceptors (Lipinski definition) is 2. The van der Waals surface area contributed by atoms with Gasteiger partial charge >= 0.3 is 0 Å². The van der Waals surface area contributed by atoms with E-state index >= 15 is 0 Å². The van der Waals surface area contributed by atoms with Gasteiger partial charge < -0.3 is 4.90 Å². The normalized spacial score (nSPS) is 19.3. The van der Waals surface area contributed by atoms with Crippen LogP contribution in [0.25, 0.3) is 11.1 Å². The number of hydrogen-bond donors (Lipinski definition) is 0. The molecule has 21 heavy (non-hydrogen) atoms. The summed E-state index contributed by atoms with van der Waals surface area (Å²) >= 11 is 0. The standard InChI is InChI=1S/C18H14N2O/c19-10-12-7-18(21)20(11-12)15-5-6-17-14(9-15)8-13-3-1-2-4-16(13)17/h1-6,9,12H,7-8,11H2. The molecule has 1 fully saturated rings. The summed E-state index contributed by atoms with van der Waals surface area (Å²) in [6.07, 6.45) is 1.26. The van der Waals surface area contributed by atoms with Crippen LogP contribution >= 0.6 is 0 Å². The van der Waals surface area contributed by atoms with E-state index in [2.05, 4.69) is 42.5 Å². The van der Waals surface area contributed by atoms with Crippen LogP contribution in [0.5, 0.6) is 0 Å². The zero-order valence-corrected chi connectivity index (χ0v) is 11.5. The van der Waals surface area contributed by atoms with E-state index < -0.39 is 0 Å². The second-order valence-corrected chi connectivity index (χ2v) is 5.71. The van der Waals surface area contributed by atoms with Crippen LogP contribution in [0.1, 0.15) is 17.5 Å². The van der Waals surface area contributed by atoms with Crippen LogP contribution in [0, 0.1) is 17.2 Å². The molecule has 102 valence electrons. The number of anilines is 1. The van der Waals surface area contributed by atoms with E-state index in [1.165, 1.54) is 22.3 Å². The van der Waals surface area contributed by atoms with Gasteiger partial charge in [-0.15, -0.1) is 0 Å². The second kappa shape index (κ2) is 4.46. The molecule has 0 saturated carbocycles. The van der Waals surface area contributed by atoms with Gasteiger partial charge in [0.05, 0.1) is 12.0 Å². The third kappa shape index (κ3) is 1.84. The monoisotopic (exact) mass is 274 g/mol. The first-order valence-electron chi connectivity index (χ1n) is 7.17. The summed E-state index contributed by atoms with van der Waals surface area (Å²) in [5.74, 6) is -0.125. The van der Waals surface area contributed by atoms with Gasteiger partial charge in [0.2, 0.25) is 5.91 Å². The number of carbonyl (C=O) groups is 1. The molecule has 2 aromatic carbocycles. The zero-order chi connectivity index (χ0) is 14.4. The van der Waals surface area contributed by atoms with E-state index in [4.69, 9.17) is 5.26 Å². The van der Waals surface area contributed by atoms with Crippen molar-refractivity contribution in [3.8, 4) is 17.2 Å². The molecule has 0 spiro atoms. The molecule has 1 unspecified atom stereocenters. The average molecular weight is 274 g/mol. The fourth-order valence-electron chi connectivity index (χ4n) is 3.34. The van der Waals surface area contributed by atoms with Crippen LogP contribution in [-0.2, 0) is 11.2 Å². The Morgan fingerprint density at radius 1 is 1.10 bits per heavy atom. The molecule has 2 aliphatic rings. The minimum atomic E-state index is -0.178. The van der Waals surface area contributed by atoms with Crippen LogP contribution in [-0.4, -0.2) is 12.5 Å². The third-order valence-electron chi connectivity index (χ3n) is 4.40. The van der Waals surface area contributed by atoms with Crippen molar-refractivity contribution in [3.63, 3.8) is 0 Å². The summed E-state index contributed by atoms with van der Waals surface area (Å²) in [5, 5.41) is 8.99. The Bertz CT molecular complexity index is 788. The first-order valence-corrected chi connectivity index (χ1v) is 7.17. The lowest BCUT2D eigenvalue weighted by atomic mass is 10.1. The summed E-state index contributed by atoms with van der Waals surface area (Å²) in [5.41, 5.74) is 6.08. The van der Waals surface area contributed by atoms with Crippen molar-refractivity contribution in [2.24, 2.45) is 5.92 Å². The Balaban J connectivity index is 1.71. The molecule has 1 heterocycles. The van der Waals surface area contributed by atoms with Crippen LogP contribution in [0.15, 0.2) is 42.5 Å². The Hall–Kier alpha value is -2.60. The zero-order valence-electron chi connectivity index (χ0n) is 11.5. The molecule has 2 aromatic rings. The van der Waals surface area contributed by atoms with Crippen molar-refractivity contribution in [3.05, 3.63) is 53.6 Å². The minimum absolute atomic E-state index is 0.0528. The summed E-state index contributed by atoms with van der Waals surface area (Å²) in [4.78, 5) is 13.8. The molecular weight excluding hydrogens is 260 g/mol. The first-order chi connectivity index (χ1) is 10.3. The van der Waals surface area contributed by atoms with Crippen molar-refractivity contribution in [1.29, 1.82) is 5.26 Å². The van der Waals surface area contributed by atoms with Gasteiger partial charge in [-0.3, -0.25) is 4.79 Å². The summed E-state index contributed by atoms with van der Waals surface area (Å²) < 4.78 is 0. The van der Waals surface area contributed by atoms with E-state index in [-0.39, 0.29) is 11.8 Å². The maximum atomic E-state index is 12.0. The lowest BCUT2D eigenvalue weighted by Gasteiger charge is -2.17. The molecule has 1 amide bonds. The van der Waals surface area contributed by atoms with E-state index in [0.29, 0.717) is 13.0 Å². The largest absolute Gasteiger partial charge is 0.311 e. The summed E-state index contributed by atoms with van der Waals surface area (Å²) in [6, 6.07) is 16.8. The van der Waals surface area contributed by atoms with E-state index in [9.17, 15) is 4.79 Å². The van der Waals surface area contributed by atoms with Crippen molar-refractivity contribution in [2.45, 2.75) is 12.8 Å². The van der Waals surface area contributed by atoms with Crippen LogP contribution in [0.2, 0.25) is 0 Å². The topological polar surface area (TPSA) is 44.1 Å². The minimum Gasteiger partial charge on any atom is -0.311 e. The van der Waals surface area contributed by atoms with Crippen molar-refractivity contribution >= 4 is 11.6 Å². The Morgan fingerprint density at radius 2 is 1.90 bits per heavy atom. The van der Waals surface area contributed by atoms with E-state index in [0.717, 1.165) is 12.1 Å². The summed E-state index contributed by atoms with van der Waals surface area (Å²) in [7, 11) is 0. The van der Waals surface area contributed by atoms with E-state index in [1.54, 1.807) is 4.90 Å². The fourth-order valence-corrected chi connectivity index (χ4v) is 3.34. The van der Waals surface area contributed by atoms with Crippen molar-refractivity contribution in [1.82, 2.24) is 0 Å². The van der Waals surface area contributed by atoms with Gasteiger partial charge in [-0.2, -0.15) is 5.26 Å². The molecule has 0 N–H and O–H groups in total. The lowest BCUT2D eigenvalue weighted by molar-refractivity contribution is -0.117. The molecule has 3 heteroatoms. The molecule has 1 aliphatic carbocycles. The van der Waals surface area contributed by atoms with Gasteiger partial charge in [0.15, 0.2) is 0 Å². The van der Waals surface area contributed by atoms with Crippen molar-refractivity contribution in [2.75, 3.05) is 11.4 Å². The highest BCUT2D eigenvalue weighted by Crippen LogP contribution is 2.39. The molecule has 4 rings (SSSR count). The number of carbonyl (C=O) groups excluding carboxylic acids is 1. The molecule has 0 radical (unpaired) electrons. The maximum absolute atomic E-state index is 12.0. The number of nitriles is 1. The Kier molecular flexibility index (Phi) is 2.58. The number of fused-ring (bicyclic) bond motifs is 3. The van der Waals surface area contributed by atoms with Gasteiger partial charge in [0, 0.05) is 18.7 Å². The predicted octanol–water partition coefficient (Wildman–Crippen LogP) is 3.13. The second-order valence-electron chi connectivity index (χ2n) is 5.71. The highest BCUT2D eigenvalue weighted by Gasteiger charge is 2.31. The maximum Gasteiger partial charge on any atom is 0.228 e. The third-order valence-corrected chi connectivity index (χ3v) is 4.40. The van der Waals surface area contributed by atoms with Gasteiger partial charge in [-0.05, 0) is 40.8 Å². The van der Waals surface area contributed by atoms with Gasteiger partial charge in [-0.1, -0.05) is 30.3 Å². The fraction of sp³-hybridized carbons (Fsp3) is 0.222. The van der Waals surface area contributed by atoms with Crippen LogP contribution in [0.4, 0.5) is 5.69 Å². The Morgan fingerprint density at radius 3 is 2.71 bits per heavy atom. The van der Waals surface area contributed by atoms with Crippen LogP contribution in [0.3, 0.4) is 0 Å². The van der Waals surface area contributed by atoms with Gasteiger partial charge in [-0.25, -0.2) is 0 Å². The van der Waals surface area contributed by atoms with Crippen LogP contribution < -0.4 is 4.90 Å². The number of amides is 1. The van der Waals surface area contributed by atoms with Gasteiger partial charge in [0.25, 0.3) is 0 Å². The molecule has 1 saturated heterocycles. The van der Waals surface area contributed by atoms with E-state index in [1.807, 2.05) is 6.07 Å². The van der Waals surface area contributed by atoms with Gasteiger partial charge in [0.1, 0.15) is 0 Å². The average Bonchev–Trinajstić information content (AvgIpc) is 3.06.